The summed E-state index contributed by atoms with van der Waals surface area (Å²) in [7, 11) is 0. The molecular formula is C74H56N2. The first-order valence-electron chi connectivity index (χ1n) is 26.2. The standard InChI is InChI=1S/C74H56N2/c1-9-25-59(26-10-1)73(60-27-11-2-12-28-60,61-29-13-3-14-30-61)65-45-53-71(54-46-65)75(67-37-21-7-22-38-67)69-49-41-57(42-50-69)58-43-51-70(52-44-58)76(68-39-23-8-24-40-68)72-55-47-66(48-56-72)74(62-31-15-4-16-32-62,63-33-17-5-18-34-63)64-35-19-6-20-36-64/h1-56H. The van der Waals surface area contributed by atoms with Gasteiger partial charge < -0.3 is 9.80 Å². The maximum absolute atomic E-state index is 2.35. The van der Waals surface area contributed by atoms with Gasteiger partial charge in [0.15, 0.2) is 0 Å². The van der Waals surface area contributed by atoms with Gasteiger partial charge in [0.05, 0.1) is 10.8 Å². The van der Waals surface area contributed by atoms with Crippen LogP contribution >= 0.6 is 0 Å². The molecule has 0 saturated heterocycles. The smallest absolute Gasteiger partial charge is 0.0701 e. The highest BCUT2D eigenvalue weighted by Gasteiger charge is 2.39. The minimum Gasteiger partial charge on any atom is -0.311 e. The molecular weight excluding hydrogens is 917 g/mol. The predicted molar refractivity (Wildman–Crippen MR) is 318 cm³/mol. The molecule has 12 rings (SSSR count). The van der Waals surface area contributed by atoms with E-state index in [1.807, 2.05) is 0 Å². The number of hydrogen-bond donors (Lipinski definition) is 0. The minimum atomic E-state index is -0.527. The molecule has 0 heterocycles. The van der Waals surface area contributed by atoms with E-state index in [2.05, 4.69) is 350 Å². The van der Waals surface area contributed by atoms with E-state index in [0.29, 0.717) is 0 Å². The number of benzene rings is 12. The Morgan fingerprint density at radius 3 is 0.513 bits per heavy atom. The van der Waals surface area contributed by atoms with Crippen molar-refractivity contribution in [2.45, 2.75) is 10.8 Å². The quantitative estimate of drug-likeness (QED) is 0.0945. The van der Waals surface area contributed by atoms with Gasteiger partial charge in [0.2, 0.25) is 0 Å². The minimum absolute atomic E-state index is 0.527. The van der Waals surface area contributed by atoms with Crippen molar-refractivity contribution >= 4 is 34.1 Å². The van der Waals surface area contributed by atoms with Gasteiger partial charge in [-0.25, -0.2) is 0 Å². The van der Waals surface area contributed by atoms with Crippen LogP contribution in [-0.2, 0) is 10.8 Å². The summed E-state index contributed by atoms with van der Waals surface area (Å²) in [6.45, 7) is 0. The van der Waals surface area contributed by atoms with Crippen LogP contribution in [0.25, 0.3) is 11.1 Å². The average Bonchev–Trinajstić information content (AvgIpc) is 3.58. The van der Waals surface area contributed by atoms with Gasteiger partial charge in [0, 0.05) is 34.1 Å². The first-order chi connectivity index (χ1) is 37.7. The third-order valence-electron chi connectivity index (χ3n) is 15.0. The molecule has 0 radical (unpaired) electrons. The van der Waals surface area contributed by atoms with Gasteiger partial charge in [-0.3, -0.25) is 0 Å². The molecule has 2 nitrogen and oxygen atoms in total. The van der Waals surface area contributed by atoms with Gasteiger partial charge >= 0.3 is 0 Å². The molecule has 0 amide bonds. The molecule has 2 heteroatoms. The van der Waals surface area contributed by atoms with Crippen molar-refractivity contribution < 1.29 is 0 Å². The van der Waals surface area contributed by atoms with E-state index in [9.17, 15) is 0 Å². The maximum Gasteiger partial charge on any atom is 0.0701 e. The summed E-state index contributed by atoms with van der Waals surface area (Å²) < 4.78 is 0. The highest BCUT2D eigenvalue weighted by Crippen LogP contribution is 2.48. The molecule has 0 unspecified atom stereocenters. The number of rotatable bonds is 15. The number of anilines is 6. The van der Waals surface area contributed by atoms with E-state index in [1.54, 1.807) is 0 Å². The van der Waals surface area contributed by atoms with Gasteiger partial charge in [0.1, 0.15) is 0 Å². The van der Waals surface area contributed by atoms with Crippen molar-refractivity contribution in [2.24, 2.45) is 0 Å². The Labute approximate surface area is 447 Å². The first-order valence-corrected chi connectivity index (χ1v) is 26.2. The molecule has 0 aliphatic carbocycles. The average molecular weight is 973 g/mol. The van der Waals surface area contributed by atoms with Crippen molar-refractivity contribution in [3.8, 4) is 11.1 Å². The second kappa shape index (κ2) is 21.4. The maximum atomic E-state index is 2.35. The van der Waals surface area contributed by atoms with Crippen LogP contribution in [0.3, 0.4) is 0 Å². The van der Waals surface area contributed by atoms with E-state index < -0.39 is 10.8 Å². The van der Waals surface area contributed by atoms with Crippen LogP contribution in [0, 0.1) is 0 Å². The summed E-state index contributed by atoms with van der Waals surface area (Å²) in [5, 5.41) is 0. The van der Waals surface area contributed by atoms with Gasteiger partial charge in [-0.05, 0) is 128 Å². The molecule has 0 aliphatic rings. The van der Waals surface area contributed by atoms with Crippen LogP contribution in [0.5, 0.6) is 0 Å². The third-order valence-corrected chi connectivity index (χ3v) is 15.0. The molecule has 12 aromatic carbocycles. The van der Waals surface area contributed by atoms with Crippen LogP contribution in [-0.4, -0.2) is 0 Å². The molecule has 0 atom stereocenters. The van der Waals surface area contributed by atoms with E-state index in [-0.39, 0.29) is 0 Å². The second-order valence-corrected chi connectivity index (χ2v) is 19.2. The lowest BCUT2D eigenvalue weighted by Gasteiger charge is -2.37. The van der Waals surface area contributed by atoms with Crippen molar-refractivity contribution in [2.75, 3.05) is 9.80 Å². The molecule has 0 bridgehead atoms. The summed E-state index contributed by atoms with van der Waals surface area (Å²) in [5.74, 6) is 0. The number of para-hydroxylation sites is 2. The normalized spacial score (nSPS) is 11.4. The fourth-order valence-electron chi connectivity index (χ4n) is 11.5. The van der Waals surface area contributed by atoms with Crippen LogP contribution in [0.15, 0.2) is 340 Å². The Morgan fingerprint density at radius 2 is 0.303 bits per heavy atom. The first kappa shape index (κ1) is 47.3. The SMILES string of the molecule is c1ccc(N(c2ccc(-c3ccc(N(c4ccccc4)c4ccc(C(c5ccccc5)(c5ccccc5)c5ccccc5)cc4)cc3)cc2)c2ccc(C(c3ccccc3)(c3ccccc3)c3ccccc3)cc2)cc1. The predicted octanol–water partition coefficient (Wildman–Crippen LogP) is 19.1. The highest BCUT2D eigenvalue weighted by atomic mass is 15.1. The number of nitrogens with zero attached hydrogens (tertiary/aromatic N) is 2. The van der Waals surface area contributed by atoms with Crippen LogP contribution in [0.2, 0.25) is 0 Å². The molecule has 0 N–H and O–H groups in total. The topological polar surface area (TPSA) is 6.48 Å². The van der Waals surface area contributed by atoms with Gasteiger partial charge in [-0.2, -0.15) is 0 Å². The van der Waals surface area contributed by atoms with Gasteiger partial charge in [-0.15, -0.1) is 0 Å². The third kappa shape index (κ3) is 8.86. The summed E-state index contributed by atoms with van der Waals surface area (Å²) in [5.41, 5.74) is 17.5. The fourth-order valence-corrected chi connectivity index (χ4v) is 11.5. The van der Waals surface area contributed by atoms with Crippen LogP contribution < -0.4 is 9.80 Å². The van der Waals surface area contributed by atoms with E-state index in [4.69, 9.17) is 0 Å². The monoisotopic (exact) mass is 972 g/mol. The lowest BCUT2D eigenvalue weighted by atomic mass is 9.65. The van der Waals surface area contributed by atoms with Crippen molar-refractivity contribution in [3.63, 3.8) is 0 Å². The van der Waals surface area contributed by atoms with E-state index >= 15 is 0 Å². The second-order valence-electron chi connectivity index (χ2n) is 19.2. The molecule has 0 fully saturated rings. The van der Waals surface area contributed by atoms with Gasteiger partial charge in [-0.1, -0.05) is 267 Å². The largest absolute Gasteiger partial charge is 0.311 e. The summed E-state index contributed by atoms with van der Waals surface area (Å²) in [6, 6.07) is 123. The summed E-state index contributed by atoms with van der Waals surface area (Å²) in [4.78, 5) is 4.69. The molecule has 0 aromatic heterocycles. The van der Waals surface area contributed by atoms with Crippen LogP contribution in [0.1, 0.15) is 44.5 Å². The summed E-state index contributed by atoms with van der Waals surface area (Å²) in [6.07, 6.45) is 0. The van der Waals surface area contributed by atoms with Crippen molar-refractivity contribution in [1.29, 1.82) is 0 Å². The Bertz CT molecular complexity index is 3280. The van der Waals surface area contributed by atoms with Gasteiger partial charge in [0.25, 0.3) is 0 Å². The lowest BCUT2D eigenvalue weighted by Crippen LogP contribution is -2.31. The lowest BCUT2D eigenvalue weighted by molar-refractivity contribution is 0.745. The zero-order valence-electron chi connectivity index (χ0n) is 42.2. The van der Waals surface area contributed by atoms with E-state index in [0.717, 1.165) is 45.3 Å². The zero-order valence-corrected chi connectivity index (χ0v) is 42.2. The Hall–Kier alpha value is -9.76. The highest BCUT2D eigenvalue weighted by molar-refractivity contribution is 5.81. The zero-order chi connectivity index (χ0) is 51.0. The van der Waals surface area contributed by atoms with Crippen LogP contribution in [0.4, 0.5) is 34.1 Å². The Balaban J connectivity index is 0.876. The Morgan fingerprint density at radius 1 is 0.145 bits per heavy atom. The summed E-state index contributed by atoms with van der Waals surface area (Å²) >= 11 is 0. The molecule has 362 valence electrons. The fraction of sp³-hybridized carbons (Fsp3) is 0.0270. The molecule has 76 heavy (non-hydrogen) atoms. The number of hydrogen-bond acceptors (Lipinski definition) is 2. The molecule has 0 saturated carbocycles. The Kier molecular flexibility index (Phi) is 13.3. The van der Waals surface area contributed by atoms with Crippen molar-refractivity contribution in [1.82, 2.24) is 0 Å². The molecule has 0 spiro atoms. The van der Waals surface area contributed by atoms with Crippen molar-refractivity contribution in [3.05, 3.63) is 384 Å². The van der Waals surface area contributed by atoms with E-state index in [1.165, 1.54) is 44.5 Å². The molecule has 12 aromatic rings. The molecule has 0 aliphatic heterocycles.